The minimum absolute atomic E-state index is 0.0852. The highest BCUT2D eigenvalue weighted by Gasteiger charge is 2.41. The van der Waals surface area contributed by atoms with Crippen molar-refractivity contribution in [1.29, 1.82) is 0 Å². The Morgan fingerprint density at radius 2 is 2.00 bits per heavy atom. The van der Waals surface area contributed by atoms with E-state index in [1.807, 2.05) is 11.8 Å². The molecule has 1 aromatic carbocycles. The van der Waals surface area contributed by atoms with Gasteiger partial charge < -0.3 is 9.84 Å². The maximum Gasteiger partial charge on any atom is 0.0820 e. The van der Waals surface area contributed by atoms with Crippen LogP contribution in [0, 0.1) is 5.92 Å². The molecule has 1 saturated carbocycles. The Hall–Kier alpha value is -0.510. The zero-order chi connectivity index (χ0) is 14.7. The van der Waals surface area contributed by atoms with Crippen molar-refractivity contribution in [3.63, 3.8) is 0 Å². The molecule has 1 aliphatic carbocycles. The number of aliphatic hydroxyl groups is 1. The van der Waals surface area contributed by atoms with Crippen LogP contribution in [0.3, 0.4) is 0 Å². The summed E-state index contributed by atoms with van der Waals surface area (Å²) in [6.07, 6.45) is 6.60. The summed E-state index contributed by atoms with van der Waals surface area (Å²) in [5.74, 6) is 1.44. The summed E-state index contributed by atoms with van der Waals surface area (Å²) in [6, 6.07) is 8.47. The van der Waals surface area contributed by atoms with Crippen LogP contribution in [0.5, 0.6) is 0 Å². The third-order valence-electron chi connectivity index (χ3n) is 5.03. The van der Waals surface area contributed by atoms with E-state index >= 15 is 0 Å². The number of thioether (sulfide) groups is 1. The first-order valence-corrected chi connectivity index (χ1v) is 9.26. The first kappa shape index (κ1) is 15.4. The number of aliphatic hydroxyl groups excluding tert-OH is 1. The average molecular weight is 306 g/mol. The van der Waals surface area contributed by atoms with Crippen molar-refractivity contribution < 1.29 is 9.84 Å². The van der Waals surface area contributed by atoms with Gasteiger partial charge in [-0.25, -0.2) is 0 Å². The van der Waals surface area contributed by atoms with E-state index in [0.717, 1.165) is 30.8 Å². The van der Waals surface area contributed by atoms with Crippen LogP contribution < -0.4 is 0 Å². The molecule has 2 aliphatic rings. The number of rotatable bonds is 4. The van der Waals surface area contributed by atoms with Crippen LogP contribution in [0.2, 0.25) is 0 Å². The molecular formula is C18H26O2S. The van der Waals surface area contributed by atoms with Crippen LogP contribution in [0.25, 0.3) is 0 Å². The van der Waals surface area contributed by atoms with Crippen molar-refractivity contribution in [1.82, 2.24) is 0 Å². The van der Waals surface area contributed by atoms with Crippen LogP contribution in [0.1, 0.15) is 57.1 Å². The summed E-state index contributed by atoms with van der Waals surface area (Å²) in [6.45, 7) is 2.97. The van der Waals surface area contributed by atoms with Gasteiger partial charge in [0.15, 0.2) is 0 Å². The van der Waals surface area contributed by atoms with Crippen LogP contribution in [0.15, 0.2) is 29.2 Å². The van der Waals surface area contributed by atoms with Gasteiger partial charge in [-0.2, -0.15) is 0 Å². The molecule has 1 aromatic rings. The molecule has 1 saturated heterocycles. The van der Waals surface area contributed by atoms with E-state index in [4.69, 9.17) is 4.74 Å². The van der Waals surface area contributed by atoms with E-state index in [2.05, 4.69) is 31.2 Å². The molecule has 0 bridgehead atoms. The van der Waals surface area contributed by atoms with Crippen LogP contribution in [-0.4, -0.2) is 23.1 Å². The molecule has 0 radical (unpaired) electrons. The largest absolute Gasteiger partial charge is 0.388 e. The van der Waals surface area contributed by atoms with Crippen LogP contribution >= 0.6 is 11.8 Å². The molecule has 0 aromatic heterocycles. The van der Waals surface area contributed by atoms with Crippen molar-refractivity contribution in [3.05, 3.63) is 29.8 Å². The predicted molar refractivity (Wildman–Crippen MR) is 87.7 cm³/mol. The molecule has 21 heavy (non-hydrogen) atoms. The lowest BCUT2D eigenvalue weighted by Gasteiger charge is -2.40. The maximum atomic E-state index is 10.7. The molecular weight excluding hydrogens is 280 g/mol. The lowest BCUT2D eigenvalue weighted by atomic mass is 9.80. The lowest BCUT2D eigenvalue weighted by Crippen LogP contribution is -2.39. The fourth-order valence-corrected chi connectivity index (χ4v) is 4.56. The Bertz CT molecular complexity index is 451. The van der Waals surface area contributed by atoms with E-state index in [1.165, 1.54) is 30.6 Å². The van der Waals surface area contributed by atoms with Crippen molar-refractivity contribution in [2.24, 2.45) is 5.92 Å². The van der Waals surface area contributed by atoms with Crippen molar-refractivity contribution in [3.8, 4) is 0 Å². The molecule has 3 heteroatoms. The summed E-state index contributed by atoms with van der Waals surface area (Å²) >= 11 is 1.84. The summed E-state index contributed by atoms with van der Waals surface area (Å²) < 4.78 is 6.08. The quantitative estimate of drug-likeness (QED) is 0.826. The Morgan fingerprint density at radius 3 is 2.67 bits per heavy atom. The topological polar surface area (TPSA) is 29.5 Å². The van der Waals surface area contributed by atoms with Gasteiger partial charge in [-0.1, -0.05) is 31.9 Å². The molecule has 0 amide bonds. The maximum absolute atomic E-state index is 10.7. The van der Waals surface area contributed by atoms with E-state index in [-0.39, 0.29) is 11.7 Å². The summed E-state index contributed by atoms with van der Waals surface area (Å²) in [5, 5.41) is 10.7. The first-order valence-electron chi connectivity index (χ1n) is 8.27. The van der Waals surface area contributed by atoms with E-state index < -0.39 is 0 Å². The molecule has 1 N–H and O–H groups in total. The molecule has 116 valence electrons. The van der Waals surface area contributed by atoms with Crippen molar-refractivity contribution >= 4 is 11.8 Å². The Balaban J connectivity index is 1.67. The Kier molecular flexibility index (Phi) is 4.92. The third kappa shape index (κ3) is 3.46. The van der Waals surface area contributed by atoms with E-state index in [0.29, 0.717) is 5.92 Å². The second kappa shape index (κ2) is 6.72. The van der Waals surface area contributed by atoms with Gasteiger partial charge in [-0.3, -0.25) is 0 Å². The van der Waals surface area contributed by atoms with E-state index in [1.54, 1.807) is 0 Å². The average Bonchev–Trinajstić information content (AvgIpc) is 2.95. The van der Waals surface area contributed by atoms with Gasteiger partial charge in [0.1, 0.15) is 0 Å². The number of hydrogen-bond donors (Lipinski definition) is 1. The number of benzene rings is 1. The van der Waals surface area contributed by atoms with Crippen LogP contribution in [0.4, 0.5) is 0 Å². The van der Waals surface area contributed by atoms with Crippen molar-refractivity contribution in [2.75, 3.05) is 12.4 Å². The van der Waals surface area contributed by atoms with Gasteiger partial charge in [0.25, 0.3) is 0 Å². The molecule has 1 spiro atoms. The van der Waals surface area contributed by atoms with Gasteiger partial charge in [0, 0.05) is 11.5 Å². The Labute approximate surface area is 132 Å². The summed E-state index contributed by atoms with van der Waals surface area (Å²) in [5.41, 5.74) is 1.15. The summed E-state index contributed by atoms with van der Waals surface area (Å²) in [7, 11) is 0. The van der Waals surface area contributed by atoms with Crippen LogP contribution in [-0.2, 0) is 4.74 Å². The first-order chi connectivity index (χ1) is 10.2. The molecule has 1 heterocycles. The molecule has 3 rings (SSSR count). The molecule has 2 atom stereocenters. The SMILES string of the molecule is CCSc1ccc(C(O)C2CCOC3(CCCC3)C2)cc1. The lowest BCUT2D eigenvalue weighted by molar-refractivity contribution is -0.113. The smallest absolute Gasteiger partial charge is 0.0820 e. The molecule has 2 nitrogen and oxygen atoms in total. The monoisotopic (exact) mass is 306 g/mol. The minimum atomic E-state index is -0.341. The van der Waals surface area contributed by atoms with Crippen molar-refractivity contribution in [2.45, 2.75) is 62.0 Å². The normalized spacial score (nSPS) is 26.1. The predicted octanol–water partition coefficient (Wildman–Crippen LogP) is 4.57. The fourth-order valence-electron chi connectivity index (χ4n) is 3.90. The van der Waals surface area contributed by atoms with Gasteiger partial charge in [-0.15, -0.1) is 11.8 Å². The molecule has 2 fully saturated rings. The van der Waals surface area contributed by atoms with Gasteiger partial charge in [-0.05, 0) is 55.1 Å². The number of hydrogen-bond acceptors (Lipinski definition) is 3. The molecule has 2 unspecified atom stereocenters. The minimum Gasteiger partial charge on any atom is -0.388 e. The zero-order valence-electron chi connectivity index (χ0n) is 12.9. The second-order valence-corrected chi connectivity index (χ2v) is 7.78. The van der Waals surface area contributed by atoms with Gasteiger partial charge >= 0.3 is 0 Å². The highest BCUT2D eigenvalue weighted by atomic mass is 32.2. The number of ether oxygens (including phenoxy) is 1. The second-order valence-electron chi connectivity index (χ2n) is 6.44. The van der Waals surface area contributed by atoms with Gasteiger partial charge in [0.05, 0.1) is 11.7 Å². The van der Waals surface area contributed by atoms with E-state index in [9.17, 15) is 5.11 Å². The fraction of sp³-hybridized carbons (Fsp3) is 0.667. The zero-order valence-corrected chi connectivity index (χ0v) is 13.7. The Morgan fingerprint density at radius 1 is 1.29 bits per heavy atom. The highest BCUT2D eigenvalue weighted by Crippen LogP contribution is 2.45. The third-order valence-corrected chi connectivity index (χ3v) is 5.92. The summed E-state index contributed by atoms with van der Waals surface area (Å²) in [4.78, 5) is 1.28. The highest BCUT2D eigenvalue weighted by molar-refractivity contribution is 7.99. The van der Waals surface area contributed by atoms with Gasteiger partial charge in [0.2, 0.25) is 0 Å². The standard InChI is InChI=1S/C18H26O2S/c1-2-21-16-7-5-14(6-8-16)17(19)15-9-12-20-18(13-15)10-3-4-11-18/h5-8,15,17,19H,2-4,9-13H2,1H3. The molecule has 1 aliphatic heterocycles.